The van der Waals surface area contributed by atoms with E-state index in [9.17, 15) is 14.4 Å². The number of nitrogens with zero attached hydrogens (tertiary/aromatic N) is 1. The summed E-state index contributed by atoms with van der Waals surface area (Å²) in [4.78, 5) is 37.6. The normalized spacial score (nSPS) is 24.5. The van der Waals surface area contributed by atoms with Crippen molar-refractivity contribution in [2.24, 2.45) is 11.8 Å². The number of fused-ring (bicyclic) bond motifs is 1. The number of hydrogen-bond donors (Lipinski definition) is 1. The summed E-state index contributed by atoms with van der Waals surface area (Å²) in [5.41, 5.74) is 0. The van der Waals surface area contributed by atoms with Crippen LogP contribution >= 0.6 is 0 Å². The molecule has 0 radical (unpaired) electrons. The van der Waals surface area contributed by atoms with E-state index in [1.54, 1.807) is 18.4 Å². The summed E-state index contributed by atoms with van der Waals surface area (Å²) in [6.07, 6.45) is 5.31. The molecule has 2 heterocycles. The summed E-state index contributed by atoms with van der Waals surface area (Å²) in [5, 5.41) is 2.72. The number of amides is 3. The van der Waals surface area contributed by atoms with E-state index in [1.165, 1.54) is 4.90 Å². The predicted molar refractivity (Wildman–Crippen MR) is 77.3 cm³/mol. The highest BCUT2D eigenvalue weighted by Crippen LogP contribution is 2.37. The first kappa shape index (κ1) is 14.8. The highest BCUT2D eigenvalue weighted by Gasteiger charge is 2.47. The molecule has 0 spiro atoms. The maximum atomic E-state index is 12.3. The maximum absolute atomic E-state index is 12.3. The van der Waals surface area contributed by atoms with E-state index in [1.807, 2.05) is 0 Å². The van der Waals surface area contributed by atoms with E-state index in [4.69, 9.17) is 4.42 Å². The first-order chi connectivity index (χ1) is 10.7. The van der Waals surface area contributed by atoms with Crippen molar-refractivity contribution in [3.8, 4) is 0 Å². The zero-order chi connectivity index (χ0) is 15.5. The summed E-state index contributed by atoms with van der Waals surface area (Å²) in [5.74, 6) is 0.0153. The first-order valence-corrected chi connectivity index (χ1v) is 7.81. The van der Waals surface area contributed by atoms with Crippen LogP contribution in [0.1, 0.15) is 37.9 Å². The number of carbonyl (C=O) groups excluding carboxylic acids is 3. The van der Waals surface area contributed by atoms with E-state index in [0.29, 0.717) is 12.3 Å². The van der Waals surface area contributed by atoms with Crippen molar-refractivity contribution < 1.29 is 18.8 Å². The van der Waals surface area contributed by atoms with Gasteiger partial charge in [0, 0.05) is 13.0 Å². The van der Waals surface area contributed by atoms with Crippen molar-refractivity contribution in [2.45, 2.75) is 38.6 Å². The van der Waals surface area contributed by atoms with Gasteiger partial charge in [-0.25, -0.2) is 0 Å². The second kappa shape index (κ2) is 6.34. The van der Waals surface area contributed by atoms with Crippen LogP contribution in [0.5, 0.6) is 0 Å². The van der Waals surface area contributed by atoms with Gasteiger partial charge in [-0.05, 0) is 25.0 Å². The lowest BCUT2D eigenvalue weighted by atomic mass is 9.81. The number of likely N-dealkylation sites (tertiary alicyclic amines) is 1. The summed E-state index contributed by atoms with van der Waals surface area (Å²) in [7, 11) is 0. The van der Waals surface area contributed by atoms with Gasteiger partial charge in [-0.2, -0.15) is 0 Å². The summed E-state index contributed by atoms with van der Waals surface area (Å²) in [6.45, 7) is 0.494. The van der Waals surface area contributed by atoms with Crippen molar-refractivity contribution >= 4 is 17.7 Å². The molecule has 1 aromatic rings. The third kappa shape index (κ3) is 2.91. The molecule has 1 N–H and O–H groups in total. The van der Waals surface area contributed by atoms with Crippen LogP contribution in [0.4, 0.5) is 0 Å². The van der Waals surface area contributed by atoms with Gasteiger partial charge in [0.2, 0.25) is 17.7 Å². The van der Waals surface area contributed by atoms with Gasteiger partial charge in [0.1, 0.15) is 5.76 Å². The Balaban J connectivity index is 1.49. The smallest absolute Gasteiger partial charge is 0.233 e. The summed E-state index contributed by atoms with van der Waals surface area (Å²) >= 11 is 0. The largest absolute Gasteiger partial charge is 0.467 e. The van der Waals surface area contributed by atoms with Crippen molar-refractivity contribution in [3.63, 3.8) is 0 Å². The molecule has 1 saturated carbocycles. The molecule has 2 atom stereocenters. The molecule has 6 nitrogen and oxygen atoms in total. The Morgan fingerprint density at radius 3 is 2.50 bits per heavy atom. The Labute approximate surface area is 128 Å². The molecular formula is C16H20N2O4. The molecule has 1 saturated heterocycles. The molecule has 2 fully saturated rings. The van der Waals surface area contributed by atoms with Crippen LogP contribution in [-0.2, 0) is 20.9 Å². The van der Waals surface area contributed by atoms with E-state index in [2.05, 4.69) is 5.32 Å². The molecule has 1 aromatic heterocycles. The van der Waals surface area contributed by atoms with E-state index >= 15 is 0 Å². The topological polar surface area (TPSA) is 79.6 Å². The highest BCUT2D eigenvalue weighted by atomic mass is 16.3. The fourth-order valence-corrected chi connectivity index (χ4v) is 3.35. The van der Waals surface area contributed by atoms with Crippen LogP contribution in [0.15, 0.2) is 22.8 Å². The standard InChI is InChI=1S/C16H20N2O4/c19-14(17-10-11-4-3-9-22-11)7-8-18-15(20)12-5-1-2-6-13(12)16(18)21/h3-4,9,12-13H,1-2,5-8,10H2,(H,17,19). The van der Waals surface area contributed by atoms with Gasteiger partial charge in [0.25, 0.3) is 0 Å². The van der Waals surface area contributed by atoms with Gasteiger partial charge in [-0.3, -0.25) is 19.3 Å². The molecule has 118 valence electrons. The quantitative estimate of drug-likeness (QED) is 0.835. The monoisotopic (exact) mass is 304 g/mol. The average molecular weight is 304 g/mol. The van der Waals surface area contributed by atoms with Crippen LogP contribution in [0.3, 0.4) is 0 Å². The number of furan rings is 1. The lowest BCUT2D eigenvalue weighted by molar-refractivity contribution is -0.140. The number of nitrogens with one attached hydrogen (secondary N) is 1. The Kier molecular flexibility index (Phi) is 4.27. The van der Waals surface area contributed by atoms with Crippen molar-refractivity contribution in [1.29, 1.82) is 0 Å². The van der Waals surface area contributed by atoms with Gasteiger partial charge in [0.05, 0.1) is 24.6 Å². The minimum absolute atomic E-state index is 0.0893. The van der Waals surface area contributed by atoms with Gasteiger partial charge >= 0.3 is 0 Å². The second-order valence-corrected chi connectivity index (χ2v) is 5.93. The molecule has 2 aliphatic rings. The predicted octanol–water partition coefficient (Wildman–Crippen LogP) is 1.46. The molecule has 22 heavy (non-hydrogen) atoms. The molecule has 1 aliphatic carbocycles. The molecule has 6 heteroatoms. The Hall–Kier alpha value is -2.11. The van der Waals surface area contributed by atoms with Crippen molar-refractivity contribution in [1.82, 2.24) is 10.2 Å². The zero-order valence-corrected chi connectivity index (χ0v) is 12.4. The fraction of sp³-hybridized carbons (Fsp3) is 0.562. The third-order valence-electron chi connectivity index (χ3n) is 4.53. The molecule has 2 unspecified atom stereocenters. The SMILES string of the molecule is O=C(CCN1C(=O)C2CCCCC2C1=O)NCc1ccco1. The van der Waals surface area contributed by atoms with Gasteiger partial charge < -0.3 is 9.73 Å². The van der Waals surface area contributed by atoms with Crippen molar-refractivity contribution in [2.75, 3.05) is 6.54 Å². The van der Waals surface area contributed by atoms with Crippen LogP contribution in [0, 0.1) is 11.8 Å². The van der Waals surface area contributed by atoms with Crippen molar-refractivity contribution in [3.05, 3.63) is 24.2 Å². The number of hydrogen-bond acceptors (Lipinski definition) is 4. The fourth-order valence-electron chi connectivity index (χ4n) is 3.35. The van der Waals surface area contributed by atoms with Crippen LogP contribution in [0.2, 0.25) is 0 Å². The molecule has 1 aliphatic heterocycles. The number of rotatable bonds is 5. The number of imide groups is 1. The number of carbonyl (C=O) groups is 3. The zero-order valence-electron chi connectivity index (χ0n) is 12.4. The Bertz CT molecular complexity index is 543. The van der Waals surface area contributed by atoms with Crippen LogP contribution in [-0.4, -0.2) is 29.2 Å². The molecule has 0 aromatic carbocycles. The van der Waals surface area contributed by atoms with Crippen LogP contribution in [0.25, 0.3) is 0 Å². The van der Waals surface area contributed by atoms with E-state index in [-0.39, 0.29) is 42.5 Å². The highest BCUT2D eigenvalue weighted by molar-refractivity contribution is 6.05. The van der Waals surface area contributed by atoms with E-state index < -0.39 is 0 Å². The van der Waals surface area contributed by atoms with Crippen LogP contribution < -0.4 is 5.32 Å². The minimum atomic E-state index is -0.188. The maximum Gasteiger partial charge on any atom is 0.233 e. The molecule has 3 amide bonds. The van der Waals surface area contributed by atoms with E-state index in [0.717, 1.165) is 25.7 Å². The first-order valence-electron chi connectivity index (χ1n) is 7.81. The Morgan fingerprint density at radius 1 is 1.23 bits per heavy atom. The molecule has 0 bridgehead atoms. The lowest BCUT2D eigenvalue weighted by Crippen LogP contribution is -2.35. The second-order valence-electron chi connectivity index (χ2n) is 5.93. The summed E-state index contributed by atoms with van der Waals surface area (Å²) < 4.78 is 5.13. The third-order valence-corrected chi connectivity index (χ3v) is 4.53. The molecule has 3 rings (SSSR count). The Morgan fingerprint density at radius 2 is 1.91 bits per heavy atom. The summed E-state index contributed by atoms with van der Waals surface area (Å²) in [6, 6.07) is 3.53. The van der Waals surface area contributed by atoms with Gasteiger partial charge in [0.15, 0.2) is 0 Å². The van der Waals surface area contributed by atoms with Gasteiger partial charge in [-0.15, -0.1) is 0 Å². The average Bonchev–Trinajstić information content (AvgIpc) is 3.13. The molecular weight excluding hydrogens is 284 g/mol. The van der Waals surface area contributed by atoms with Gasteiger partial charge in [-0.1, -0.05) is 12.8 Å². The lowest BCUT2D eigenvalue weighted by Gasteiger charge is -2.19. The minimum Gasteiger partial charge on any atom is -0.467 e.